The average Bonchev–Trinajstić information content (AvgIpc) is 2.36. The highest BCUT2D eigenvalue weighted by Gasteiger charge is 2.32. The predicted octanol–water partition coefficient (Wildman–Crippen LogP) is 3.09. The van der Waals surface area contributed by atoms with Gasteiger partial charge in [-0.1, -0.05) is 6.07 Å². The number of hydrogen-bond donors (Lipinski definition) is 1. The molecule has 0 aromatic heterocycles. The average molecular weight is 263 g/mol. The molecule has 0 amide bonds. The molecule has 0 saturated heterocycles. The van der Waals surface area contributed by atoms with Gasteiger partial charge in [-0.25, -0.2) is 0 Å². The van der Waals surface area contributed by atoms with Crippen molar-refractivity contribution in [1.82, 2.24) is 5.32 Å². The minimum atomic E-state index is -0.115. The van der Waals surface area contributed by atoms with Gasteiger partial charge in [0.1, 0.15) is 5.75 Å². The molecular weight excluding hydrogens is 238 g/mol. The van der Waals surface area contributed by atoms with Crippen molar-refractivity contribution in [3.63, 3.8) is 0 Å². The maximum Gasteiger partial charge on any atom is 0.119 e. The summed E-state index contributed by atoms with van der Waals surface area (Å²) in [6.45, 7) is 6.34. The zero-order valence-corrected chi connectivity index (χ0v) is 12.6. The van der Waals surface area contributed by atoms with Gasteiger partial charge in [-0.15, -0.1) is 0 Å². The van der Waals surface area contributed by atoms with Crippen LogP contribution in [-0.2, 0) is 11.2 Å². The van der Waals surface area contributed by atoms with E-state index in [1.54, 1.807) is 7.11 Å². The van der Waals surface area contributed by atoms with Crippen molar-refractivity contribution in [3.05, 3.63) is 29.3 Å². The van der Waals surface area contributed by atoms with E-state index >= 15 is 0 Å². The van der Waals surface area contributed by atoms with Crippen LogP contribution in [0.5, 0.6) is 5.75 Å². The third kappa shape index (κ3) is 3.28. The number of methoxy groups -OCH3 is 1. The fraction of sp³-hybridized carbons (Fsp3) is 0.625. The number of likely N-dealkylation sites (N-methyl/N-ethyl adjacent to an activating group) is 1. The smallest absolute Gasteiger partial charge is 0.119 e. The Bertz CT molecular complexity index is 437. The molecule has 19 heavy (non-hydrogen) atoms. The summed E-state index contributed by atoms with van der Waals surface area (Å²) in [5, 5.41) is 3.40. The molecule has 3 heteroatoms. The van der Waals surface area contributed by atoms with Gasteiger partial charge in [0.05, 0.1) is 24.9 Å². The molecule has 3 nitrogen and oxygen atoms in total. The molecule has 106 valence electrons. The van der Waals surface area contributed by atoms with E-state index in [9.17, 15) is 0 Å². The van der Waals surface area contributed by atoms with Gasteiger partial charge in [0, 0.05) is 0 Å². The first kappa shape index (κ1) is 14.4. The van der Waals surface area contributed by atoms with Gasteiger partial charge >= 0.3 is 0 Å². The molecule has 0 heterocycles. The van der Waals surface area contributed by atoms with E-state index in [2.05, 4.69) is 38.2 Å². The van der Waals surface area contributed by atoms with Crippen molar-refractivity contribution in [3.8, 4) is 5.75 Å². The summed E-state index contributed by atoms with van der Waals surface area (Å²) < 4.78 is 11.5. The minimum Gasteiger partial charge on any atom is -0.497 e. The Labute approximate surface area is 116 Å². The monoisotopic (exact) mass is 263 g/mol. The number of hydrogen-bond acceptors (Lipinski definition) is 3. The summed E-state index contributed by atoms with van der Waals surface area (Å²) in [5.41, 5.74) is 2.59. The first-order valence-corrected chi connectivity index (χ1v) is 6.96. The van der Waals surface area contributed by atoms with Crippen molar-refractivity contribution >= 4 is 0 Å². The van der Waals surface area contributed by atoms with E-state index in [1.807, 2.05) is 13.1 Å². The van der Waals surface area contributed by atoms with Gasteiger partial charge in [-0.05, 0) is 63.9 Å². The second kappa shape index (κ2) is 5.51. The quantitative estimate of drug-likeness (QED) is 0.909. The molecule has 0 spiro atoms. The number of fused-ring (bicyclic) bond motifs is 1. The van der Waals surface area contributed by atoms with Crippen LogP contribution in [0.15, 0.2) is 18.2 Å². The third-order valence-electron chi connectivity index (χ3n) is 3.57. The second-order valence-electron chi connectivity index (χ2n) is 6.14. The Morgan fingerprint density at radius 2 is 2.00 bits per heavy atom. The number of nitrogens with one attached hydrogen (secondary N) is 1. The largest absolute Gasteiger partial charge is 0.497 e. The minimum absolute atomic E-state index is 0.115. The fourth-order valence-electron chi connectivity index (χ4n) is 2.80. The van der Waals surface area contributed by atoms with E-state index < -0.39 is 0 Å². The molecule has 0 fully saturated rings. The van der Waals surface area contributed by atoms with E-state index in [0.29, 0.717) is 0 Å². The molecule has 1 aromatic carbocycles. The van der Waals surface area contributed by atoms with E-state index in [-0.39, 0.29) is 17.7 Å². The summed E-state index contributed by atoms with van der Waals surface area (Å²) in [5.74, 6) is 0.912. The number of aryl methyl sites for hydroxylation is 1. The third-order valence-corrected chi connectivity index (χ3v) is 3.57. The van der Waals surface area contributed by atoms with E-state index in [4.69, 9.17) is 9.47 Å². The van der Waals surface area contributed by atoms with Crippen molar-refractivity contribution in [2.75, 3.05) is 14.2 Å². The van der Waals surface area contributed by atoms with Crippen LogP contribution in [0, 0.1) is 0 Å². The summed E-state index contributed by atoms with van der Waals surface area (Å²) in [4.78, 5) is 0. The zero-order chi connectivity index (χ0) is 14.0. The predicted molar refractivity (Wildman–Crippen MR) is 77.7 cm³/mol. The molecule has 1 aromatic rings. The summed E-state index contributed by atoms with van der Waals surface area (Å²) in [7, 11) is 3.71. The van der Waals surface area contributed by atoms with Crippen LogP contribution in [0.4, 0.5) is 0 Å². The van der Waals surface area contributed by atoms with Crippen LogP contribution < -0.4 is 10.1 Å². The summed E-state index contributed by atoms with van der Waals surface area (Å²) >= 11 is 0. The Morgan fingerprint density at radius 1 is 1.26 bits per heavy atom. The maximum atomic E-state index is 6.21. The summed E-state index contributed by atoms with van der Waals surface area (Å²) in [6, 6.07) is 6.58. The topological polar surface area (TPSA) is 30.5 Å². The highest BCUT2D eigenvalue weighted by Crippen LogP contribution is 2.35. The summed E-state index contributed by atoms with van der Waals surface area (Å²) in [6.07, 6.45) is 2.34. The van der Waals surface area contributed by atoms with Crippen LogP contribution >= 0.6 is 0 Å². The normalized spacial score (nSPS) is 23.0. The van der Waals surface area contributed by atoms with Gasteiger partial charge in [-0.2, -0.15) is 0 Å². The molecule has 0 aliphatic heterocycles. The number of ether oxygens (including phenoxy) is 2. The van der Waals surface area contributed by atoms with E-state index in [1.165, 1.54) is 11.1 Å². The molecule has 0 bridgehead atoms. The van der Waals surface area contributed by atoms with Crippen molar-refractivity contribution < 1.29 is 9.47 Å². The van der Waals surface area contributed by atoms with Gasteiger partial charge in [0.15, 0.2) is 0 Å². The first-order valence-electron chi connectivity index (χ1n) is 6.96. The maximum absolute atomic E-state index is 6.21. The highest BCUT2D eigenvalue weighted by atomic mass is 16.5. The van der Waals surface area contributed by atoms with Crippen LogP contribution in [0.25, 0.3) is 0 Å². The Hall–Kier alpha value is -1.06. The van der Waals surface area contributed by atoms with Crippen LogP contribution in [-0.4, -0.2) is 25.9 Å². The van der Waals surface area contributed by atoms with Crippen molar-refractivity contribution in [1.29, 1.82) is 0 Å². The molecule has 1 aliphatic carbocycles. The molecule has 1 N–H and O–H groups in total. The van der Waals surface area contributed by atoms with Gasteiger partial charge < -0.3 is 14.8 Å². The lowest BCUT2D eigenvalue weighted by Gasteiger charge is -2.37. The lowest BCUT2D eigenvalue weighted by Crippen LogP contribution is -2.40. The Balaban J connectivity index is 2.29. The van der Waals surface area contributed by atoms with Crippen LogP contribution in [0.2, 0.25) is 0 Å². The van der Waals surface area contributed by atoms with Gasteiger partial charge in [0.2, 0.25) is 0 Å². The fourth-order valence-corrected chi connectivity index (χ4v) is 2.80. The van der Waals surface area contributed by atoms with E-state index in [0.717, 1.165) is 18.6 Å². The Morgan fingerprint density at radius 3 is 2.58 bits per heavy atom. The molecule has 2 rings (SSSR count). The molecule has 2 atom stereocenters. The second-order valence-corrected chi connectivity index (χ2v) is 6.14. The van der Waals surface area contributed by atoms with Crippen molar-refractivity contribution in [2.45, 2.75) is 51.4 Å². The van der Waals surface area contributed by atoms with Crippen LogP contribution in [0.3, 0.4) is 0 Å². The number of rotatable bonds is 3. The van der Waals surface area contributed by atoms with Crippen molar-refractivity contribution in [2.24, 2.45) is 0 Å². The van der Waals surface area contributed by atoms with Crippen LogP contribution in [0.1, 0.15) is 44.4 Å². The lowest BCUT2D eigenvalue weighted by atomic mass is 9.85. The molecular formula is C16H25NO2. The lowest BCUT2D eigenvalue weighted by molar-refractivity contribution is -0.0807. The van der Waals surface area contributed by atoms with Gasteiger partial charge in [0.25, 0.3) is 0 Å². The molecule has 0 saturated carbocycles. The molecule has 1 aliphatic rings. The first-order chi connectivity index (χ1) is 8.94. The van der Waals surface area contributed by atoms with Gasteiger partial charge in [-0.3, -0.25) is 0 Å². The number of benzene rings is 1. The zero-order valence-electron chi connectivity index (χ0n) is 12.6. The standard InChI is InChI=1S/C16H25NO2/c1-16(2,3)19-14-9-7-11-6-8-12(18-5)10-13(11)15(14)17-4/h6,8,10,14-15,17H,7,9H2,1-5H3. The highest BCUT2D eigenvalue weighted by molar-refractivity contribution is 5.40. The SMILES string of the molecule is CNC1c2cc(OC)ccc2CCC1OC(C)(C)C. The molecule has 0 radical (unpaired) electrons. The molecule has 2 unspecified atom stereocenters. The Kier molecular flexibility index (Phi) is 4.16.